The highest BCUT2D eigenvalue weighted by molar-refractivity contribution is 7.90. The zero-order chi connectivity index (χ0) is 60.0. The smallest absolute Gasteiger partial charge is 0.243 e. The molecule has 0 fully saturated rings. The molecule has 8 aromatic rings. The number of fused-ring (bicyclic) bond motifs is 20. The fourth-order valence-electron chi connectivity index (χ4n) is 14.2. The van der Waals surface area contributed by atoms with E-state index in [0.717, 1.165) is 112 Å². The summed E-state index contributed by atoms with van der Waals surface area (Å²) in [6, 6.07) is 27.6. The van der Waals surface area contributed by atoms with Gasteiger partial charge in [0.2, 0.25) is 40.1 Å². The van der Waals surface area contributed by atoms with Crippen molar-refractivity contribution >= 4 is 40.1 Å². The Morgan fingerprint density at radius 3 is 0.524 bits per heavy atom. The molecular formula is C64H72N8O8S4. The average molecular weight is 1210 g/mol. The molecule has 84 heavy (non-hydrogen) atoms. The van der Waals surface area contributed by atoms with Crippen LogP contribution in [-0.4, -0.2) is 70.8 Å². The van der Waals surface area contributed by atoms with E-state index in [1.54, 1.807) is 97.1 Å². The molecule has 13 rings (SSSR count). The van der Waals surface area contributed by atoms with Gasteiger partial charge < -0.3 is 19.9 Å². The Hall–Kier alpha value is -6.36. The van der Waals surface area contributed by atoms with E-state index in [-0.39, 0.29) is 71.9 Å². The molecule has 440 valence electrons. The number of aryl methyl sites for hydroxylation is 4. The van der Waals surface area contributed by atoms with Crippen molar-refractivity contribution in [1.82, 2.24) is 37.2 Å². The number of nitrogens with one attached hydrogen (secondary N) is 4. The van der Waals surface area contributed by atoms with Crippen LogP contribution in [0, 0.1) is 27.7 Å². The van der Waals surface area contributed by atoms with E-state index in [9.17, 15) is 33.7 Å². The molecule has 0 atom stereocenters. The molecule has 4 N–H and O–H groups in total. The van der Waals surface area contributed by atoms with Crippen LogP contribution in [0.5, 0.6) is 0 Å². The first-order chi connectivity index (χ1) is 39.3. The molecule has 5 aliphatic heterocycles. The van der Waals surface area contributed by atoms with Crippen LogP contribution in [0.4, 0.5) is 0 Å². The molecule has 0 saturated heterocycles. The summed E-state index contributed by atoms with van der Waals surface area (Å²) in [6.45, 7) is 24.8. The van der Waals surface area contributed by atoms with Gasteiger partial charge in [0.25, 0.3) is 0 Å². The van der Waals surface area contributed by atoms with Crippen molar-refractivity contribution < 1.29 is 33.7 Å². The van der Waals surface area contributed by atoms with E-state index in [0.29, 0.717) is 0 Å². The van der Waals surface area contributed by atoms with Crippen molar-refractivity contribution in [1.29, 1.82) is 0 Å². The SMILES string of the molecule is Cc1ccc(S(=O)(=O)N2Cc3c4[nH]c(c3C2)C(C)(C)c2[nH]c(c3c2CN(S(=O)(=O)c2ccc(C)cc2)C3)C(C)(C)c2[nH]c(c3c2CN(S(=O)(=O)c2ccc(C)cc2)C3)C(C)(C)c2[nH]c(c3c2CN(S(=O)(=O)c2ccc(C)cc2)C3)C4(C)C)cc1. The highest BCUT2D eigenvalue weighted by Crippen LogP contribution is 2.54. The van der Waals surface area contributed by atoms with Crippen LogP contribution in [-0.2, 0) is 114 Å². The van der Waals surface area contributed by atoms with Crippen LogP contribution in [0.3, 0.4) is 0 Å². The molecular weight excluding hydrogens is 1140 g/mol. The summed E-state index contributed by atoms with van der Waals surface area (Å²) >= 11 is 0. The van der Waals surface area contributed by atoms with E-state index in [1.807, 2.05) is 27.7 Å². The van der Waals surface area contributed by atoms with E-state index in [4.69, 9.17) is 0 Å². The van der Waals surface area contributed by atoms with Crippen molar-refractivity contribution in [2.24, 2.45) is 0 Å². The molecule has 0 radical (unpaired) electrons. The van der Waals surface area contributed by atoms with Gasteiger partial charge in [-0.05, 0) is 176 Å². The van der Waals surface area contributed by atoms with Crippen molar-refractivity contribution in [2.45, 2.75) is 177 Å². The number of aromatic nitrogens is 4. The van der Waals surface area contributed by atoms with E-state index < -0.39 is 61.8 Å². The van der Waals surface area contributed by atoms with Gasteiger partial charge in [0.05, 0.1) is 19.6 Å². The van der Waals surface area contributed by atoms with Gasteiger partial charge >= 0.3 is 0 Å². The lowest BCUT2D eigenvalue weighted by Crippen LogP contribution is -2.32. The van der Waals surface area contributed by atoms with E-state index in [2.05, 4.69) is 75.3 Å². The molecule has 9 heterocycles. The maximum absolute atomic E-state index is 14.9. The van der Waals surface area contributed by atoms with Gasteiger partial charge in [0.1, 0.15) is 0 Å². The number of benzene rings is 4. The van der Waals surface area contributed by atoms with Crippen LogP contribution in [0.15, 0.2) is 117 Å². The molecule has 5 aliphatic rings. The van der Waals surface area contributed by atoms with Crippen LogP contribution in [0.25, 0.3) is 0 Å². The van der Waals surface area contributed by atoms with Gasteiger partial charge in [0.15, 0.2) is 0 Å². The summed E-state index contributed by atoms with van der Waals surface area (Å²) in [5, 5.41) is 0. The fraction of sp³-hybridized carbons (Fsp3) is 0.375. The Morgan fingerprint density at radius 2 is 0.393 bits per heavy atom. The predicted molar refractivity (Wildman–Crippen MR) is 322 cm³/mol. The first kappa shape index (κ1) is 56.8. The Balaban J connectivity index is 1.06. The number of hydrogen-bond acceptors (Lipinski definition) is 8. The van der Waals surface area contributed by atoms with Crippen molar-refractivity contribution in [3.63, 3.8) is 0 Å². The van der Waals surface area contributed by atoms with Gasteiger partial charge in [-0.15, -0.1) is 0 Å². The first-order valence-corrected chi connectivity index (χ1v) is 34.3. The molecule has 8 bridgehead atoms. The minimum Gasteiger partial charge on any atom is -0.360 e. The normalized spacial score (nSPS) is 19.4. The highest BCUT2D eigenvalue weighted by atomic mass is 32.2. The molecule has 4 aromatic heterocycles. The summed E-state index contributed by atoms with van der Waals surface area (Å²) in [5.74, 6) is 0. The number of H-pyrrole nitrogens is 4. The van der Waals surface area contributed by atoms with Crippen LogP contribution < -0.4 is 0 Å². The molecule has 0 saturated carbocycles. The summed E-state index contributed by atoms with van der Waals surface area (Å²) in [7, 11) is -16.2. The minimum atomic E-state index is -4.04. The zero-order valence-corrected chi connectivity index (χ0v) is 52.8. The van der Waals surface area contributed by atoms with Crippen LogP contribution in [0.1, 0.15) is 168 Å². The Kier molecular flexibility index (Phi) is 12.6. The van der Waals surface area contributed by atoms with E-state index >= 15 is 0 Å². The van der Waals surface area contributed by atoms with Crippen molar-refractivity contribution in [3.8, 4) is 0 Å². The zero-order valence-electron chi connectivity index (χ0n) is 49.6. The molecule has 0 amide bonds. The topological polar surface area (TPSA) is 213 Å². The standard InChI is InChI=1S/C64H72N8O8S4/c1-37-13-21-41(22-14-37)81(73,74)69-29-45-46(30-69)54-62(7,8)56-48-32-71(83(77,78)43-25-17-39(3)18-26-43)34-50(48)58(67-56)64(11,12)60-52-36-72(84(79,80)44-27-19-40(4)20-28-44)35-51(52)59(68-60)63(9,10)57-49-33-70(82(75,76)42-23-15-38(2)16-24-42)31-47(49)55(66-57)61(5,6)53(45)65-54/h13-28,65-68H,29-36H2,1-12H3. The van der Waals surface area contributed by atoms with Gasteiger partial charge in [0, 0.05) is 120 Å². The lowest BCUT2D eigenvalue weighted by Gasteiger charge is -2.32. The van der Waals surface area contributed by atoms with E-state index in [1.165, 1.54) is 17.2 Å². The molecule has 0 spiro atoms. The molecule has 20 heteroatoms. The molecule has 4 aromatic carbocycles. The number of sulfonamides is 4. The largest absolute Gasteiger partial charge is 0.360 e. The van der Waals surface area contributed by atoms with Crippen molar-refractivity contribution in [3.05, 3.63) is 209 Å². The van der Waals surface area contributed by atoms with Gasteiger partial charge in [-0.2, -0.15) is 17.2 Å². The lowest BCUT2D eigenvalue weighted by molar-refractivity contribution is 0.415. The third-order valence-corrected chi connectivity index (χ3v) is 26.4. The van der Waals surface area contributed by atoms with Crippen LogP contribution in [0.2, 0.25) is 0 Å². The first-order valence-electron chi connectivity index (χ1n) is 28.5. The second kappa shape index (κ2) is 18.6. The number of aromatic amines is 4. The number of nitrogens with zero attached hydrogens (tertiary/aromatic N) is 4. The Labute approximate surface area is 493 Å². The average Bonchev–Trinajstić information content (AvgIpc) is 1.62. The third-order valence-electron chi connectivity index (χ3n) is 19.2. The second-order valence-electron chi connectivity index (χ2n) is 26.2. The Bertz CT molecular complexity index is 3840. The monoisotopic (exact) mass is 1210 g/mol. The maximum Gasteiger partial charge on any atom is 0.243 e. The molecule has 16 nitrogen and oxygen atoms in total. The maximum atomic E-state index is 14.9. The summed E-state index contributed by atoms with van der Waals surface area (Å²) < 4.78 is 125. The Morgan fingerprint density at radius 1 is 0.262 bits per heavy atom. The summed E-state index contributed by atoms with van der Waals surface area (Å²) in [4.78, 5) is 16.6. The number of hydrogen-bond donors (Lipinski definition) is 4. The van der Waals surface area contributed by atoms with Gasteiger partial charge in [-0.3, -0.25) is 0 Å². The van der Waals surface area contributed by atoms with Gasteiger partial charge in [-0.1, -0.05) is 70.8 Å². The predicted octanol–water partition coefficient (Wildman–Crippen LogP) is 10.7. The minimum absolute atomic E-state index is 0.0504. The summed E-state index contributed by atoms with van der Waals surface area (Å²) in [5.41, 5.74) is 12.3. The van der Waals surface area contributed by atoms with Crippen molar-refractivity contribution in [2.75, 3.05) is 0 Å². The van der Waals surface area contributed by atoms with Crippen LogP contribution >= 0.6 is 0 Å². The van der Waals surface area contributed by atoms with Gasteiger partial charge in [-0.25, -0.2) is 33.7 Å². The lowest BCUT2D eigenvalue weighted by atomic mass is 9.79. The fourth-order valence-corrected chi connectivity index (χ4v) is 19.7. The highest BCUT2D eigenvalue weighted by Gasteiger charge is 2.52. The second-order valence-corrected chi connectivity index (χ2v) is 33.9. The molecule has 0 unspecified atom stereocenters. The number of rotatable bonds is 8. The molecule has 0 aliphatic carbocycles. The summed E-state index contributed by atoms with van der Waals surface area (Å²) in [6.07, 6.45) is 0. The quantitative estimate of drug-likeness (QED) is 0.115. The third kappa shape index (κ3) is 8.28.